The van der Waals surface area contributed by atoms with E-state index in [9.17, 15) is 8.42 Å². The number of ether oxygens (including phenoxy) is 1. The van der Waals surface area contributed by atoms with Crippen LogP contribution >= 0.6 is 0 Å². The van der Waals surface area contributed by atoms with E-state index in [-0.39, 0.29) is 6.04 Å². The molecule has 1 atom stereocenters. The summed E-state index contributed by atoms with van der Waals surface area (Å²) < 4.78 is 32.9. The molecule has 0 aromatic heterocycles. The van der Waals surface area contributed by atoms with Crippen molar-refractivity contribution in [1.29, 1.82) is 0 Å². The quantitative estimate of drug-likeness (QED) is 0.857. The molecule has 4 nitrogen and oxygen atoms in total. The molecule has 0 radical (unpaired) electrons. The van der Waals surface area contributed by atoms with Gasteiger partial charge in [-0.2, -0.15) is 4.31 Å². The molecule has 0 N–H and O–H groups in total. The lowest BCUT2D eigenvalue weighted by Gasteiger charge is -2.34. The van der Waals surface area contributed by atoms with Crippen LogP contribution in [0.4, 0.5) is 0 Å². The number of hydrogen-bond acceptors (Lipinski definition) is 3. The Kier molecular flexibility index (Phi) is 4.94. The van der Waals surface area contributed by atoms with Crippen LogP contribution in [0.1, 0.15) is 43.7 Å². The Balaban J connectivity index is 2.44. The van der Waals surface area contributed by atoms with Crippen molar-refractivity contribution in [2.24, 2.45) is 0 Å². The van der Waals surface area contributed by atoms with E-state index in [4.69, 9.17) is 4.74 Å². The Morgan fingerprint density at radius 2 is 1.86 bits per heavy atom. The molecule has 1 aliphatic heterocycles. The Hall–Kier alpha value is -1.07. The lowest BCUT2D eigenvalue weighted by molar-refractivity contribution is 0.246. The smallest absolute Gasteiger partial charge is 0.243 e. The summed E-state index contributed by atoms with van der Waals surface area (Å²) in [6, 6.07) is 3.58. The molecule has 21 heavy (non-hydrogen) atoms. The van der Waals surface area contributed by atoms with Crippen molar-refractivity contribution in [3.8, 4) is 5.75 Å². The number of piperidine rings is 1. The third-order valence-electron chi connectivity index (χ3n) is 4.29. The van der Waals surface area contributed by atoms with Gasteiger partial charge in [-0.05, 0) is 56.4 Å². The van der Waals surface area contributed by atoms with E-state index in [1.165, 1.54) is 0 Å². The topological polar surface area (TPSA) is 46.6 Å². The van der Waals surface area contributed by atoms with Gasteiger partial charge >= 0.3 is 0 Å². The predicted octanol–water partition coefficient (Wildman–Crippen LogP) is 3.27. The van der Waals surface area contributed by atoms with Crippen molar-refractivity contribution in [3.05, 3.63) is 23.3 Å². The third-order valence-corrected chi connectivity index (χ3v) is 6.22. The second-order valence-corrected chi connectivity index (χ2v) is 7.65. The van der Waals surface area contributed by atoms with Gasteiger partial charge in [-0.3, -0.25) is 0 Å². The molecule has 118 valence electrons. The van der Waals surface area contributed by atoms with Gasteiger partial charge in [0.25, 0.3) is 0 Å². The number of benzene rings is 1. The zero-order valence-corrected chi connectivity index (χ0v) is 14.2. The SMILES string of the molecule is CCC1CCCCN1S(=O)(=O)c1cc(C)c(OC)c(C)c1. The molecule has 0 spiro atoms. The first-order chi connectivity index (χ1) is 9.91. The first-order valence-corrected chi connectivity index (χ1v) is 9.03. The maximum absolute atomic E-state index is 12.9. The van der Waals surface area contributed by atoms with E-state index in [0.717, 1.165) is 42.6 Å². The molecule has 1 aromatic carbocycles. The van der Waals surface area contributed by atoms with Crippen LogP contribution in [0.15, 0.2) is 17.0 Å². The highest BCUT2D eigenvalue weighted by molar-refractivity contribution is 7.89. The third kappa shape index (κ3) is 3.09. The number of methoxy groups -OCH3 is 1. The van der Waals surface area contributed by atoms with Gasteiger partial charge in [0.15, 0.2) is 0 Å². The summed E-state index contributed by atoms with van der Waals surface area (Å²) in [7, 11) is -1.80. The van der Waals surface area contributed by atoms with Gasteiger partial charge in [-0.15, -0.1) is 0 Å². The number of sulfonamides is 1. The fourth-order valence-corrected chi connectivity index (χ4v) is 5.15. The molecule has 1 fully saturated rings. The summed E-state index contributed by atoms with van der Waals surface area (Å²) in [5, 5.41) is 0. The second-order valence-electron chi connectivity index (χ2n) is 5.76. The molecule has 0 bridgehead atoms. The van der Waals surface area contributed by atoms with Crippen LogP contribution in [0, 0.1) is 13.8 Å². The molecule has 1 saturated heterocycles. The number of hydrogen-bond donors (Lipinski definition) is 0. The summed E-state index contributed by atoms with van der Waals surface area (Å²) in [6.07, 6.45) is 3.90. The van der Waals surface area contributed by atoms with Gasteiger partial charge in [-0.25, -0.2) is 8.42 Å². The zero-order valence-electron chi connectivity index (χ0n) is 13.3. The molecule has 0 saturated carbocycles. The minimum Gasteiger partial charge on any atom is -0.496 e. The first-order valence-electron chi connectivity index (χ1n) is 7.59. The van der Waals surface area contributed by atoms with Gasteiger partial charge in [0.1, 0.15) is 5.75 Å². The Morgan fingerprint density at radius 1 is 1.24 bits per heavy atom. The average molecular weight is 311 g/mol. The van der Waals surface area contributed by atoms with E-state index >= 15 is 0 Å². The minimum atomic E-state index is -3.42. The number of aryl methyl sites for hydroxylation is 2. The maximum atomic E-state index is 12.9. The average Bonchev–Trinajstić information content (AvgIpc) is 2.46. The zero-order chi connectivity index (χ0) is 15.6. The van der Waals surface area contributed by atoms with E-state index in [2.05, 4.69) is 6.92 Å². The highest BCUT2D eigenvalue weighted by Crippen LogP contribution is 2.31. The van der Waals surface area contributed by atoms with E-state index in [1.807, 2.05) is 13.8 Å². The Morgan fingerprint density at radius 3 is 2.38 bits per heavy atom. The van der Waals surface area contributed by atoms with Crippen molar-refractivity contribution in [2.75, 3.05) is 13.7 Å². The van der Waals surface area contributed by atoms with Crippen molar-refractivity contribution >= 4 is 10.0 Å². The fourth-order valence-electron chi connectivity index (χ4n) is 3.22. The van der Waals surface area contributed by atoms with Crippen molar-refractivity contribution < 1.29 is 13.2 Å². The maximum Gasteiger partial charge on any atom is 0.243 e. The van der Waals surface area contributed by atoms with Crippen molar-refractivity contribution in [1.82, 2.24) is 4.31 Å². The van der Waals surface area contributed by atoms with Crippen LogP contribution in [-0.4, -0.2) is 32.4 Å². The summed E-state index contributed by atoms with van der Waals surface area (Å²) in [5.41, 5.74) is 1.72. The van der Waals surface area contributed by atoms with Crippen LogP contribution in [0.25, 0.3) is 0 Å². The molecule has 1 aliphatic rings. The van der Waals surface area contributed by atoms with Gasteiger partial charge in [0.2, 0.25) is 10.0 Å². The summed E-state index contributed by atoms with van der Waals surface area (Å²) >= 11 is 0. The molecule has 1 aromatic rings. The Labute approximate surface area is 128 Å². The van der Waals surface area contributed by atoms with Crippen LogP contribution in [0.5, 0.6) is 5.75 Å². The monoisotopic (exact) mass is 311 g/mol. The highest BCUT2D eigenvalue weighted by Gasteiger charge is 2.32. The van der Waals surface area contributed by atoms with Gasteiger partial charge < -0.3 is 4.74 Å². The molecule has 2 rings (SSSR count). The molecular weight excluding hydrogens is 286 g/mol. The summed E-state index contributed by atoms with van der Waals surface area (Å²) in [5.74, 6) is 0.764. The second kappa shape index (κ2) is 6.36. The van der Waals surface area contributed by atoms with Crippen LogP contribution < -0.4 is 4.74 Å². The summed E-state index contributed by atoms with van der Waals surface area (Å²) in [6.45, 7) is 6.46. The van der Waals surface area contributed by atoms with Gasteiger partial charge in [-0.1, -0.05) is 13.3 Å². The van der Waals surface area contributed by atoms with Crippen molar-refractivity contribution in [2.45, 2.75) is 57.4 Å². The van der Waals surface area contributed by atoms with E-state index in [0.29, 0.717) is 11.4 Å². The molecule has 5 heteroatoms. The molecule has 1 unspecified atom stereocenters. The first kappa shape index (κ1) is 16.3. The fraction of sp³-hybridized carbons (Fsp3) is 0.625. The minimum absolute atomic E-state index is 0.131. The lowest BCUT2D eigenvalue weighted by atomic mass is 10.0. The molecule has 0 aliphatic carbocycles. The van der Waals surface area contributed by atoms with Crippen molar-refractivity contribution in [3.63, 3.8) is 0 Å². The van der Waals surface area contributed by atoms with E-state index in [1.54, 1.807) is 23.5 Å². The lowest BCUT2D eigenvalue weighted by Crippen LogP contribution is -2.43. The molecule has 0 amide bonds. The van der Waals surface area contributed by atoms with Crippen LogP contribution in [0.2, 0.25) is 0 Å². The molecule has 1 heterocycles. The standard InChI is InChI=1S/C16H25NO3S/c1-5-14-8-6-7-9-17(14)21(18,19)15-10-12(2)16(20-4)13(3)11-15/h10-11,14H,5-9H2,1-4H3. The molecular formula is C16H25NO3S. The van der Waals surface area contributed by atoms with Gasteiger partial charge in [0.05, 0.1) is 12.0 Å². The Bertz CT molecular complexity index is 587. The predicted molar refractivity (Wildman–Crippen MR) is 84.3 cm³/mol. The normalized spacial score (nSPS) is 20.5. The van der Waals surface area contributed by atoms with Crippen LogP contribution in [0.3, 0.4) is 0 Å². The van der Waals surface area contributed by atoms with E-state index < -0.39 is 10.0 Å². The van der Waals surface area contributed by atoms with Crippen LogP contribution in [-0.2, 0) is 10.0 Å². The number of nitrogens with zero attached hydrogens (tertiary/aromatic N) is 1. The summed E-state index contributed by atoms with van der Waals surface area (Å²) in [4.78, 5) is 0.388. The largest absolute Gasteiger partial charge is 0.496 e. The van der Waals surface area contributed by atoms with Gasteiger partial charge in [0, 0.05) is 12.6 Å². The highest BCUT2D eigenvalue weighted by atomic mass is 32.2. The number of rotatable bonds is 4.